The van der Waals surface area contributed by atoms with E-state index in [0.29, 0.717) is 12.1 Å². The van der Waals surface area contributed by atoms with E-state index in [1.165, 1.54) is 6.07 Å². The fraction of sp³-hybridized carbons (Fsp3) is 0.259. The summed E-state index contributed by atoms with van der Waals surface area (Å²) in [6.07, 6.45) is 1.01. The average molecular weight is 492 g/mol. The Balaban J connectivity index is 1.81. The van der Waals surface area contributed by atoms with Crippen molar-refractivity contribution in [3.05, 3.63) is 89.0 Å². The van der Waals surface area contributed by atoms with Crippen LogP contribution in [0.4, 0.5) is 0 Å². The molecular formula is C27H29N3O4S. The number of fused-ring (bicyclic) bond motifs is 1. The summed E-state index contributed by atoms with van der Waals surface area (Å²) in [5, 5.41) is 19.5. The molecule has 4 rings (SSSR count). The van der Waals surface area contributed by atoms with Gasteiger partial charge < -0.3 is 14.2 Å². The second kappa shape index (κ2) is 8.85. The van der Waals surface area contributed by atoms with E-state index >= 15 is 0 Å². The number of nitrogens with zero attached hydrogens (tertiary/aromatic N) is 2. The number of phenolic OH excluding ortho intramolecular Hbond substituents is 1. The molecule has 0 amide bonds. The van der Waals surface area contributed by atoms with Crippen LogP contribution in [0.15, 0.2) is 71.6 Å². The molecule has 1 heterocycles. The van der Waals surface area contributed by atoms with Gasteiger partial charge in [0.2, 0.25) is 5.62 Å². The Morgan fingerprint density at radius 3 is 2.09 bits per heavy atom. The van der Waals surface area contributed by atoms with Gasteiger partial charge >= 0.3 is 0 Å². The highest BCUT2D eigenvalue weighted by atomic mass is 32.2. The van der Waals surface area contributed by atoms with E-state index in [1.807, 2.05) is 79.9 Å². The molecule has 0 saturated heterocycles. The lowest BCUT2D eigenvalue weighted by Gasteiger charge is -2.22. The van der Waals surface area contributed by atoms with Crippen molar-refractivity contribution in [1.29, 1.82) is 5.41 Å². The lowest BCUT2D eigenvalue weighted by atomic mass is 9.85. The van der Waals surface area contributed by atoms with E-state index in [4.69, 9.17) is 5.41 Å². The fourth-order valence-corrected chi connectivity index (χ4v) is 5.04. The van der Waals surface area contributed by atoms with Gasteiger partial charge in [0.1, 0.15) is 10.6 Å². The highest BCUT2D eigenvalue weighted by Crippen LogP contribution is 2.37. The third kappa shape index (κ3) is 4.79. The van der Waals surface area contributed by atoms with Gasteiger partial charge in [0, 0.05) is 17.4 Å². The number of imidazole rings is 1. The number of hydrogen-bond donors (Lipinski definition) is 2. The van der Waals surface area contributed by atoms with Crippen LogP contribution in [-0.2, 0) is 28.3 Å². The van der Waals surface area contributed by atoms with Crippen molar-refractivity contribution < 1.29 is 18.3 Å². The van der Waals surface area contributed by atoms with Gasteiger partial charge in [0.25, 0.3) is 0 Å². The van der Waals surface area contributed by atoms with Crippen molar-refractivity contribution in [3.8, 4) is 5.75 Å². The smallest absolute Gasteiger partial charge is 0.203 e. The third-order valence-corrected chi connectivity index (χ3v) is 7.17. The number of aromatic nitrogens is 2. The van der Waals surface area contributed by atoms with E-state index in [9.17, 15) is 18.3 Å². The van der Waals surface area contributed by atoms with Crippen molar-refractivity contribution in [1.82, 2.24) is 9.13 Å². The number of rotatable bonds is 6. The third-order valence-electron chi connectivity index (χ3n) is 6.06. The molecule has 0 saturated carbocycles. The van der Waals surface area contributed by atoms with Gasteiger partial charge in [-0.25, -0.2) is 8.42 Å². The molecule has 7 nitrogen and oxygen atoms in total. The highest BCUT2D eigenvalue weighted by Gasteiger charge is 2.27. The van der Waals surface area contributed by atoms with Crippen molar-refractivity contribution >= 4 is 26.7 Å². The average Bonchev–Trinajstić information content (AvgIpc) is 3.04. The number of benzene rings is 3. The van der Waals surface area contributed by atoms with Gasteiger partial charge in [-0.3, -0.25) is 10.2 Å². The van der Waals surface area contributed by atoms with Crippen LogP contribution in [-0.4, -0.2) is 34.7 Å². The highest BCUT2D eigenvalue weighted by molar-refractivity contribution is 7.90. The van der Waals surface area contributed by atoms with E-state index in [1.54, 1.807) is 10.6 Å². The molecule has 0 fully saturated rings. The number of Topliss-reactive ketones (excluding diaryl/α,β-unsaturated/α-hetero) is 1. The van der Waals surface area contributed by atoms with Crippen LogP contribution < -0.4 is 5.62 Å². The number of para-hydroxylation sites is 2. The summed E-state index contributed by atoms with van der Waals surface area (Å²) < 4.78 is 28.2. The summed E-state index contributed by atoms with van der Waals surface area (Å²) in [5.41, 5.74) is 2.74. The first kappa shape index (κ1) is 24.5. The number of carbonyl (C=O) groups excluding carboxylic acids is 1. The van der Waals surface area contributed by atoms with Crippen molar-refractivity contribution in [3.63, 3.8) is 0 Å². The quantitative estimate of drug-likeness (QED) is 0.393. The van der Waals surface area contributed by atoms with Gasteiger partial charge in [-0.2, -0.15) is 0 Å². The number of sulfone groups is 1. The van der Waals surface area contributed by atoms with Gasteiger partial charge in [-0.05, 0) is 35.2 Å². The summed E-state index contributed by atoms with van der Waals surface area (Å²) in [6.45, 7) is 5.87. The van der Waals surface area contributed by atoms with Gasteiger partial charge in [0.15, 0.2) is 15.6 Å². The normalized spacial score (nSPS) is 12.2. The Morgan fingerprint density at radius 2 is 1.51 bits per heavy atom. The molecule has 2 N–H and O–H groups in total. The molecule has 4 aromatic rings. The first-order valence-electron chi connectivity index (χ1n) is 11.3. The molecule has 1 aromatic heterocycles. The van der Waals surface area contributed by atoms with Crippen molar-refractivity contribution in [2.24, 2.45) is 0 Å². The maximum atomic E-state index is 13.5. The Kier molecular flexibility index (Phi) is 6.19. The molecule has 182 valence electrons. The molecule has 3 aromatic carbocycles. The zero-order chi connectivity index (χ0) is 25.5. The molecular weight excluding hydrogens is 462 g/mol. The van der Waals surface area contributed by atoms with E-state index in [-0.39, 0.29) is 34.2 Å². The van der Waals surface area contributed by atoms with Crippen LogP contribution in [0.2, 0.25) is 0 Å². The standard InChI is InChI=1S/C27H29N3O4S/c1-27(2,3)20-14-19(15-24(25(20)32)35(4,33)34)23(31)17-30-22-13-9-8-12-21(22)29(26(30)28)16-18-10-6-5-7-11-18/h5-15,28,32H,16-17H2,1-4H3. The molecule has 0 aliphatic carbocycles. The fourth-order valence-electron chi connectivity index (χ4n) is 4.24. The van der Waals surface area contributed by atoms with Crippen LogP contribution in [0.25, 0.3) is 11.0 Å². The largest absolute Gasteiger partial charge is 0.506 e. The molecule has 8 heteroatoms. The van der Waals surface area contributed by atoms with Gasteiger partial charge in [-0.15, -0.1) is 0 Å². The first-order chi connectivity index (χ1) is 16.4. The summed E-state index contributed by atoms with van der Waals surface area (Å²) in [7, 11) is -3.77. The predicted octanol–water partition coefficient (Wildman–Crippen LogP) is 4.26. The van der Waals surface area contributed by atoms with Gasteiger partial charge in [-0.1, -0.05) is 63.2 Å². The molecule has 0 aliphatic rings. The lowest BCUT2D eigenvalue weighted by Crippen LogP contribution is -2.28. The number of nitrogens with one attached hydrogen (secondary N) is 1. The zero-order valence-electron chi connectivity index (χ0n) is 20.2. The van der Waals surface area contributed by atoms with Crippen LogP contribution in [0, 0.1) is 5.41 Å². The summed E-state index contributed by atoms with van der Waals surface area (Å²) in [4.78, 5) is 13.2. The van der Waals surface area contributed by atoms with Crippen LogP contribution in [0.5, 0.6) is 5.75 Å². The topological polar surface area (TPSA) is 105 Å². The van der Waals surface area contributed by atoms with E-state index < -0.39 is 15.3 Å². The minimum atomic E-state index is -3.77. The van der Waals surface area contributed by atoms with E-state index in [0.717, 1.165) is 22.9 Å². The number of aromatic hydroxyl groups is 1. The maximum absolute atomic E-state index is 13.5. The molecule has 0 radical (unpaired) electrons. The molecule has 0 unspecified atom stereocenters. The van der Waals surface area contributed by atoms with Crippen molar-refractivity contribution in [2.45, 2.75) is 44.2 Å². The second-order valence-corrected chi connectivity index (χ2v) is 11.8. The minimum Gasteiger partial charge on any atom is -0.506 e. The Labute approximate surface area is 204 Å². The molecule has 0 aliphatic heterocycles. The van der Waals surface area contributed by atoms with Crippen LogP contribution in [0.3, 0.4) is 0 Å². The number of carbonyl (C=O) groups is 1. The first-order valence-corrected chi connectivity index (χ1v) is 13.1. The van der Waals surface area contributed by atoms with Gasteiger partial charge in [0.05, 0.1) is 24.1 Å². The lowest BCUT2D eigenvalue weighted by molar-refractivity contribution is 0.0971. The molecule has 35 heavy (non-hydrogen) atoms. The van der Waals surface area contributed by atoms with Crippen LogP contribution >= 0.6 is 0 Å². The summed E-state index contributed by atoms with van der Waals surface area (Å²) >= 11 is 0. The Morgan fingerprint density at radius 1 is 0.943 bits per heavy atom. The molecule has 0 spiro atoms. The van der Waals surface area contributed by atoms with Crippen molar-refractivity contribution in [2.75, 3.05) is 6.26 Å². The Bertz CT molecular complexity index is 1590. The minimum absolute atomic E-state index is 0.140. The molecule has 0 atom stereocenters. The molecule has 0 bridgehead atoms. The monoisotopic (exact) mass is 491 g/mol. The summed E-state index contributed by atoms with van der Waals surface area (Å²) in [6, 6.07) is 20.1. The predicted molar refractivity (Wildman–Crippen MR) is 136 cm³/mol. The second-order valence-electron chi connectivity index (χ2n) is 9.79. The Hall–Kier alpha value is -3.65. The van der Waals surface area contributed by atoms with Crippen LogP contribution in [0.1, 0.15) is 42.3 Å². The summed E-state index contributed by atoms with van der Waals surface area (Å²) in [5.74, 6) is -0.675. The number of hydrogen-bond acceptors (Lipinski definition) is 5. The maximum Gasteiger partial charge on any atom is 0.203 e. The zero-order valence-corrected chi connectivity index (χ0v) is 21.1. The number of ketones is 1. The number of phenols is 1. The SMILES string of the molecule is CC(C)(C)c1cc(C(=O)Cn2c(=N)n(Cc3ccccc3)c3ccccc32)cc(S(C)(=O)=O)c1O. The van der Waals surface area contributed by atoms with E-state index in [2.05, 4.69) is 0 Å².